The van der Waals surface area contributed by atoms with Crippen LogP contribution in [0.15, 0.2) is 61.1 Å². The molecule has 0 saturated carbocycles. The van der Waals surface area contributed by atoms with Crippen LogP contribution in [0.1, 0.15) is 11.1 Å². The third-order valence-electron chi connectivity index (χ3n) is 5.80. The number of anilines is 2. The number of pyridine rings is 2. The highest BCUT2D eigenvalue weighted by Crippen LogP contribution is 2.41. The van der Waals surface area contributed by atoms with E-state index in [-0.39, 0.29) is 0 Å². The van der Waals surface area contributed by atoms with Gasteiger partial charge in [-0.2, -0.15) is 10.4 Å². The molecule has 1 aliphatic heterocycles. The van der Waals surface area contributed by atoms with Crippen molar-refractivity contribution in [1.29, 1.82) is 5.26 Å². The maximum absolute atomic E-state index is 9.86. The van der Waals surface area contributed by atoms with E-state index < -0.39 is 0 Å². The number of rotatable bonds is 2. The molecular weight excluding hydrogens is 408 g/mol. The van der Waals surface area contributed by atoms with Gasteiger partial charge in [-0.05, 0) is 47.9 Å². The first kappa shape index (κ1) is 17.9. The van der Waals surface area contributed by atoms with Crippen LogP contribution in [0, 0.1) is 11.3 Å². The molecule has 5 aromatic rings. The van der Waals surface area contributed by atoms with E-state index in [0.29, 0.717) is 10.6 Å². The summed E-state index contributed by atoms with van der Waals surface area (Å²) in [4.78, 5) is 11.2. The molecular formula is C24H15ClN6. The van der Waals surface area contributed by atoms with Crippen LogP contribution in [0.3, 0.4) is 0 Å². The molecule has 6 rings (SSSR count). The minimum atomic E-state index is 0.542. The second-order valence-corrected chi connectivity index (χ2v) is 8.01. The Hall–Kier alpha value is -3.95. The Labute approximate surface area is 182 Å². The monoisotopic (exact) mass is 422 g/mol. The minimum Gasteiger partial charge on any atom is -0.339 e. The number of halogens is 1. The molecule has 2 aromatic carbocycles. The van der Waals surface area contributed by atoms with Gasteiger partial charge in [-0.3, -0.25) is 10.1 Å². The summed E-state index contributed by atoms with van der Waals surface area (Å²) in [5.41, 5.74) is 7.26. The lowest BCUT2D eigenvalue weighted by molar-refractivity contribution is 0.999. The zero-order valence-corrected chi connectivity index (χ0v) is 17.1. The van der Waals surface area contributed by atoms with Gasteiger partial charge in [0.15, 0.2) is 5.65 Å². The van der Waals surface area contributed by atoms with E-state index in [1.54, 1.807) is 12.4 Å². The summed E-state index contributed by atoms with van der Waals surface area (Å²) in [6.45, 7) is 0.788. The molecule has 0 radical (unpaired) electrons. The number of aromatic amines is 1. The molecule has 4 heterocycles. The summed E-state index contributed by atoms with van der Waals surface area (Å²) in [5.74, 6) is 0. The van der Waals surface area contributed by atoms with Crippen molar-refractivity contribution in [2.45, 2.75) is 6.42 Å². The smallest absolute Gasteiger partial charge is 0.155 e. The van der Waals surface area contributed by atoms with Crippen molar-refractivity contribution >= 4 is 44.9 Å². The average molecular weight is 423 g/mol. The standard InChI is InChI=1S/C24H15ClN6/c25-19-3-1-14-5-6-31(22(14)9-19)23-18(10-26)12-27-21-4-2-15(8-20(21)23)16-7-17-13-29-30-24(17)28-11-16/h1-4,7-9,11-13H,5-6H2,(H,28,29,30). The summed E-state index contributed by atoms with van der Waals surface area (Å²) in [5, 5.41) is 19.3. The van der Waals surface area contributed by atoms with Crippen molar-refractivity contribution in [3.63, 3.8) is 0 Å². The number of fused-ring (bicyclic) bond motifs is 3. The van der Waals surface area contributed by atoms with Crippen molar-refractivity contribution in [1.82, 2.24) is 20.2 Å². The fourth-order valence-electron chi connectivity index (χ4n) is 4.31. The number of nitrogens with zero attached hydrogens (tertiary/aromatic N) is 5. The van der Waals surface area contributed by atoms with Gasteiger partial charge >= 0.3 is 0 Å². The molecule has 0 spiro atoms. The van der Waals surface area contributed by atoms with E-state index in [4.69, 9.17) is 11.6 Å². The number of nitrogens with one attached hydrogen (secondary N) is 1. The maximum atomic E-state index is 9.86. The molecule has 0 fully saturated rings. The van der Waals surface area contributed by atoms with Gasteiger partial charge in [0.25, 0.3) is 0 Å². The van der Waals surface area contributed by atoms with Crippen molar-refractivity contribution in [3.05, 3.63) is 77.2 Å². The fraction of sp³-hybridized carbons (Fsp3) is 0.0833. The highest BCUT2D eigenvalue weighted by Gasteiger charge is 2.25. The average Bonchev–Trinajstić information content (AvgIpc) is 3.44. The summed E-state index contributed by atoms with van der Waals surface area (Å²) in [6.07, 6.45) is 6.15. The Bertz CT molecular complexity index is 1530. The maximum Gasteiger partial charge on any atom is 0.155 e. The van der Waals surface area contributed by atoms with Gasteiger partial charge in [0.05, 0.1) is 23.0 Å². The molecule has 31 heavy (non-hydrogen) atoms. The first-order valence-corrected chi connectivity index (χ1v) is 10.3. The van der Waals surface area contributed by atoms with Crippen LogP contribution in [0.2, 0.25) is 5.02 Å². The third-order valence-corrected chi connectivity index (χ3v) is 6.03. The zero-order chi connectivity index (χ0) is 20.9. The molecule has 148 valence electrons. The molecule has 0 amide bonds. The van der Waals surface area contributed by atoms with Gasteiger partial charge in [0.1, 0.15) is 6.07 Å². The Morgan fingerprint density at radius 2 is 1.94 bits per heavy atom. The minimum absolute atomic E-state index is 0.542. The van der Waals surface area contributed by atoms with E-state index in [1.165, 1.54) is 5.56 Å². The predicted molar refractivity (Wildman–Crippen MR) is 122 cm³/mol. The number of nitriles is 1. The summed E-state index contributed by atoms with van der Waals surface area (Å²) in [6, 6.07) is 16.4. The molecule has 0 bridgehead atoms. The molecule has 0 unspecified atom stereocenters. The van der Waals surface area contributed by atoms with Gasteiger partial charge < -0.3 is 4.90 Å². The van der Waals surface area contributed by atoms with E-state index in [0.717, 1.165) is 57.4 Å². The number of H-pyrrole nitrogens is 1. The largest absolute Gasteiger partial charge is 0.339 e. The zero-order valence-electron chi connectivity index (χ0n) is 16.3. The molecule has 7 heteroatoms. The van der Waals surface area contributed by atoms with Gasteiger partial charge in [-0.1, -0.05) is 23.7 Å². The molecule has 0 atom stereocenters. The van der Waals surface area contributed by atoms with Gasteiger partial charge in [-0.15, -0.1) is 0 Å². The molecule has 1 N–H and O–H groups in total. The van der Waals surface area contributed by atoms with Crippen LogP contribution < -0.4 is 4.90 Å². The first-order valence-electron chi connectivity index (χ1n) is 9.89. The number of aromatic nitrogens is 4. The summed E-state index contributed by atoms with van der Waals surface area (Å²) in [7, 11) is 0. The first-order chi connectivity index (χ1) is 15.2. The Morgan fingerprint density at radius 1 is 1.00 bits per heavy atom. The van der Waals surface area contributed by atoms with Gasteiger partial charge in [0.2, 0.25) is 0 Å². The molecule has 3 aromatic heterocycles. The third kappa shape index (κ3) is 2.82. The van der Waals surface area contributed by atoms with E-state index in [1.807, 2.05) is 30.5 Å². The normalized spacial score (nSPS) is 13.0. The van der Waals surface area contributed by atoms with Crippen LogP contribution in [0.5, 0.6) is 0 Å². The van der Waals surface area contributed by atoms with Crippen molar-refractivity contribution in [2.24, 2.45) is 0 Å². The molecule has 6 nitrogen and oxygen atoms in total. The number of hydrogen-bond acceptors (Lipinski definition) is 5. The molecule has 0 aliphatic carbocycles. The van der Waals surface area contributed by atoms with Crippen LogP contribution in [0.25, 0.3) is 33.1 Å². The predicted octanol–water partition coefficient (Wildman–Crippen LogP) is 5.39. The molecule has 0 saturated heterocycles. The van der Waals surface area contributed by atoms with Crippen LogP contribution in [-0.2, 0) is 6.42 Å². The second kappa shape index (κ2) is 6.79. The topological polar surface area (TPSA) is 81.5 Å². The van der Waals surface area contributed by atoms with Gasteiger partial charge in [-0.25, -0.2) is 4.98 Å². The van der Waals surface area contributed by atoms with Crippen LogP contribution in [-0.4, -0.2) is 26.7 Å². The highest BCUT2D eigenvalue weighted by atomic mass is 35.5. The number of benzene rings is 2. The van der Waals surface area contributed by atoms with Crippen molar-refractivity contribution in [2.75, 3.05) is 11.4 Å². The van der Waals surface area contributed by atoms with Crippen LogP contribution >= 0.6 is 11.6 Å². The van der Waals surface area contributed by atoms with Crippen molar-refractivity contribution in [3.8, 4) is 17.2 Å². The lowest BCUT2D eigenvalue weighted by Gasteiger charge is -2.23. The molecule has 1 aliphatic rings. The Morgan fingerprint density at radius 3 is 2.84 bits per heavy atom. The SMILES string of the molecule is N#Cc1cnc2ccc(-c3cnc4[nH]ncc4c3)cc2c1N1CCc2ccc(Cl)cc21. The van der Waals surface area contributed by atoms with E-state index in [2.05, 4.69) is 49.3 Å². The fourth-order valence-corrected chi connectivity index (χ4v) is 4.48. The Balaban J connectivity index is 1.58. The van der Waals surface area contributed by atoms with Crippen LogP contribution in [0.4, 0.5) is 11.4 Å². The lowest BCUT2D eigenvalue weighted by Crippen LogP contribution is -2.15. The van der Waals surface area contributed by atoms with E-state index in [9.17, 15) is 5.26 Å². The summed E-state index contributed by atoms with van der Waals surface area (Å²) >= 11 is 6.29. The van der Waals surface area contributed by atoms with Crippen molar-refractivity contribution < 1.29 is 0 Å². The van der Waals surface area contributed by atoms with Gasteiger partial charge in [0, 0.05) is 46.0 Å². The highest BCUT2D eigenvalue weighted by molar-refractivity contribution is 6.31. The lowest BCUT2D eigenvalue weighted by atomic mass is 10.0. The second-order valence-electron chi connectivity index (χ2n) is 7.57. The van der Waals surface area contributed by atoms with E-state index >= 15 is 0 Å². The number of hydrogen-bond donors (Lipinski definition) is 1. The quantitative estimate of drug-likeness (QED) is 0.412. The summed E-state index contributed by atoms with van der Waals surface area (Å²) < 4.78 is 0. The Kier molecular flexibility index (Phi) is 3.92.